The molecule has 0 radical (unpaired) electrons. The van der Waals surface area contributed by atoms with Gasteiger partial charge < -0.3 is 18.7 Å². The highest BCUT2D eigenvalue weighted by Gasteiger charge is 2.36. The van der Waals surface area contributed by atoms with E-state index in [1.807, 2.05) is 18.2 Å². The molecule has 1 aliphatic rings. The number of rotatable bonds is 11. The molecular weight excluding hydrogens is 553 g/mol. The van der Waals surface area contributed by atoms with Crippen molar-refractivity contribution in [3.63, 3.8) is 0 Å². The van der Waals surface area contributed by atoms with Crippen LogP contribution in [0.4, 0.5) is 0 Å². The Balaban J connectivity index is 1.42. The first-order valence-electron chi connectivity index (χ1n) is 11.9. The van der Waals surface area contributed by atoms with Gasteiger partial charge in [-0.2, -0.15) is 5.09 Å². The second-order valence-corrected chi connectivity index (χ2v) is 10.7. The van der Waals surface area contributed by atoms with Gasteiger partial charge in [0.1, 0.15) is 25.0 Å². The average molecular weight is 580 g/mol. The van der Waals surface area contributed by atoms with Crippen LogP contribution in [0.15, 0.2) is 70.4 Å². The van der Waals surface area contributed by atoms with Crippen LogP contribution >= 0.6 is 19.3 Å². The first-order chi connectivity index (χ1) is 18.6. The molecule has 2 unspecified atom stereocenters. The molecule has 4 atom stereocenters. The van der Waals surface area contributed by atoms with Crippen LogP contribution in [0.25, 0.3) is 0 Å². The molecule has 0 bridgehead atoms. The maximum Gasteiger partial charge on any atom is 0.459 e. The number of hydrogen-bond acceptors (Lipinski definition) is 9. The molecule has 4 rings (SSSR count). The van der Waals surface area contributed by atoms with E-state index < -0.39 is 50.1 Å². The molecule has 39 heavy (non-hydrogen) atoms. The van der Waals surface area contributed by atoms with Crippen LogP contribution in [0.2, 0.25) is 5.02 Å². The smallest absolute Gasteiger partial charge is 0.459 e. The fraction of sp³-hybridized carbons (Fsp3) is 0.320. The summed E-state index contributed by atoms with van der Waals surface area (Å²) < 4.78 is 42.7. The summed E-state index contributed by atoms with van der Waals surface area (Å²) in [4.78, 5) is 38.6. The molecule has 0 spiro atoms. The number of para-hydroxylation sites is 1. The number of hydrogen-bond donors (Lipinski definition) is 2. The molecule has 0 aliphatic carbocycles. The van der Waals surface area contributed by atoms with Gasteiger partial charge in [-0.25, -0.2) is 9.36 Å². The van der Waals surface area contributed by atoms with Crippen LogP contribution < -0.4 is 20.9 Å². The Labute approximate surface area is 228 Å². The lowest BCUT2D eigenvalue weighted by atomic mass is 10.2. The van der Waals surface area contributed by atoms with Crippen LogP contribution in [-0.2, 0) is 34.7 Å². The number of ether oxygens (including phenoxy) is 3. The summed E-state index contributed by atoms with van der Waals surface area (Å²) in [7, 11) is -4.25. The molecule has 0 saturated carbocycles. The predicted octanol–water partition coefficient (Wildman–Crippen LogP) is 3.30. The monoisotopic (exact) mass is 579 g/mol. The van der Waals surface area contributed by atoms with E-state index in [4.69, 9.17) is 34.9 Å². The number of esters is 1. The van der Waals surface area contributed by atoms with Gasteiger partial charge in [-0.05, 0) is 31.5 Å². The lowest BCUT2D eigenvalue weighted by Crippen LogP contribution is -2.36. The first-order valence-corrected chi connectivity index (χ1v) is 13.8. The summed E-state index contributed by atoms with van der Waals surface area (Å²) >= 11 is 6.17. The normalized spacial score (nSPS) is 19.3. The van der Waals surface area contributed by atoms with E-state index in [0.717, 1.165) is 5.56 Å². The van der Waals surface area contributed by atoms with E-state index in [9.17, 15) is 18.9 Å². The van der Waals surface area contributed by atoms with Crippen molar-refractivity contribution in [2.45, 2.75) is 39.0 Å². The number of benzene rings is 2. The number of aromatic nitrogens is 2. The van der Waals surface area contributed by atoms with Gasteiger partial charge in [-0.15, -0.1) is 0 Å². The van der Waals surface area contributed by atoms with Gasteiger partial charge >= 0.3 is 19.4 Å². The first kappa shape index (κ1) is 28.8. The molecule has 12 nitrogen and oxygen atoms in total. The lowest BCUT2D eigenvalue weighted by molar-refractivity contribution is -0.146. The summed E-state index contributed by atoms with van der Waals surface area (Å²) in [6.07, 6.45) is -0.543. The number of aryl methyl sites for hydroxylation is 1. The second-order valence-electron chi connectivity index (χ2n) is 8.59. The van der Waals surface area contributed by atoms with Crippen molar-refractivity contribution >= 4 is 25.3 Å². The molecule has 208 valence electrons. The standard InChI is InChI=1S/C25H27ClN3O9P/c1-16-12-29(25(32)27-23(16)30)21-14-34-22(37-21)15-36-39(33,38-20-11-7-6-10-19(20)26)28-17(2)24(31)35-13-18-8-4-3-5-9-18/h3-12,17,21-22H,13-15H2,1-2H3,(H,28,33)(H,27,30,32)/t17?,21-,22-,39?/m1/s1. The molecule has 14 heteroatoms. The third-order valence-corrected chi connectivity index (χ3v) is 7.50. The number of carbonyl (C=O) groups is 1. The molecule has 1 aliphatic heterocycles. The van der Waals surface area contributed by atoms with Crippen LogP contribution in [0.1, 0.15) is 24.3 Å². The Bertz CT molecular complexity index is 1460. The van der Waals surface area contributed by atoms with E-state index in [1.54, 1.807) is 31.2 Å². The number of H-pyrrole nitrogens is 1. The Morgan fingerprint density at radius 1 is 1.21 bits per heavy atom. The molecule has 2 N–H and O–H groups in total. The predicted molar refractivity (Wildman–Crippen MR) is 140 cm³/mol. The Hall–Kier alpha value is -3.25. The minimum Gasteiger partial charge on any atom is -0.460 e. The fourth-order valence-electron chi connectivity index (χ4n) is 3.52. The topological polar surface area (TPSA) is 147 Å². The van der Waals surface area contributed by atoms with Crippen LogP contribution in [0.5, 0.6) is 5.75 Å². The van der Waals surface area contributed by atoms with Crippen LogP contribution in [0.3, 0.4) is 0 Å². The van der Waals surface area contributed by atoms with Gasteiger partial charge in [0.15, 0.2) is 12.5 Å². The lowest BCUT2D eigenvalue weighted by Gasteiger charge is -2.24. The quantitative estimate of drug-likeness (QED) is 0.256. The highest BCUT2D eigenvalue weighted by Crippen LogP contribution is 2.47. The number of nitrogens with one attached hydrogen (secondary N) is 2. The van der Waals surface area contributed by atoms with Gasteiger partial charge in [0.2, 0.25) is 0 Å². The van der Waals surface area contributed by atoms with Crippen molar-refractivity contribution in [1.82, 2.24) is 14.6 Å². The van der Waals surface area contributed by atoms with Gasteiger partial charge in [0, 0.05) is 11.8 Å². The van der Waals surface area contributed by atoms with Gasteiger partial charge in [-0.3, -0.25) is 23.7 Å². The van der Waals surface area contributed by atoms with Crippen molar-refractivity contribution in [2.24, 2.45) is 0 Å². The third kappa shape index (κ3) is 7.66. The number of halogens is 1. The van der Waals surface area contributed by atoms with Crippen LogP contribution in [0, 0.1) is 6.92 Å². The summed E-state index contributed by atoms with van der Waals surface area (Å²) in [5.41, 5.74) is -0.0762. The summed E-state index contributed by atoms with van der Waals surface area (Å²) in [6, 6.07) is 14.3. The summed E-state index contributed by atoms with van der Waals surface area (Å²) in [5.74, 6) is -0.632. The number of carbonyl (C=O) groups excluding carboxylic acids is 1. The molecule has 2 heterocycles. The van der Waals surface area contributed by atoms with E-state index in [-0.39, 0.29) is 24.0 Å². The molecule has 1 fully saturated rings. The van der Waals surface area contributed by atoms with E-state index in [1.165, 1.54) is 29.8 Å². The average Bonchev–Trinajstić information content (AvgIpc) is 3.39. The highest BCUT2D eigenvalue weighted by molar-refractivity contribution is 7.52. The molecule has 0 amide bonds. The zero-order valence-corrected chi connectivity index (χ0v) is 22.7. The third-order valence-electron chi connectivity index (χ3n) is 5.55. The van der Waals surface area contributed by atoms with Gasteiger partial charge in [0.05, 0.1) is 11.6 Å². The van der Waals surface area contributed by atoms with Crippen molar-refractivity contribution in [1.29, 1.82) is 0 Å². The highest BCUT2D eigenvalue weighted by atomic mass is 35.5. The second kappa shape index (κ2) is 12.7. The number of nitrogens with zero attached hydrogens (tertiary/aromatic N) is 1. The Morgan fingerprint density at radius 2 is 1.92 bits per heavy atom. The summed E-state index contributed by atoms with van der Waals surface area (Å²) in [6.45, 7) is 2.59. The number of aromatic amines is 1. The summed E-state index contributed by atoms with van der Waals surface area (Å²) in [5, 5.41) is 2.74. The largest absolute Gasteiger partial charge is 0.460 e. The SMILES string of the molecule is Cc1cn([C@H]2CO[C@@H](COP(=O)(NC(C)C(=O)OCc3ccccc3)Oc3ccccc3Cl)O2)c(=O)[nH]c1=O. The zero-order chi connectivity index (χ0) is 28.0. The van der Waals surface area contributed by atoms with Gasteiger partial charge in [-0.1, -0.05) is 54.1 Å². The molecule has 1 aromatic heterocycles. The van der Waals surface area contributed by atoms with Crippen LogP contribution in [-0.4, -0.2) is 41.1 Å². The van der Waals surface area contributed by atoms with Gasteiger partial charge in [0.25, 0.3) is 5.56 Å². The van der Waals surface area contributed by atoms with E-state index in [0.29, 0.717) is 5.56 Å². The molecule has 1 saturated heterocycles. The molecule has 2 aromatic carbocycles. The van der Waals surface area contributed by atoms with Crippen molar-refractivity contribution in [3.8, 4) is 5.75 Å². The maximum absolute atomic E-state index is 13.7. The van der Waals surface area contributed by atoms with Crippen molar-refractivity contribution in [3.05, 3.63) is 97.8 Å². The van der Waals surface area contributed by atoms with Crippen molar-refractivity contribution in [2.75, 3.05) is 13.2 Å². The molecule has 3 aromatic rings. The van der Waals surface area contributed by atoms with E-state index in [2.05, 4.69) is 10.1 Å². The fourth-order valence-corrected chi connectivity index (χ4v) is 5.24. The Kier molecular flexibility index (Phi) is 9.39. The van der Waals surface area contributed by atoms with E-state index >= 15 is 0 Å². The van der Waals surface area contributed by atoms with Crippen molar-refractivity contribution < 1.29 is 32.6 Å². The molecular formula is C25H27ClN3O9P. The maximum atomic E-state index is 13.7. The zero-order valence-electron chi connectivity index (χ0n) is 21.1. The Morgan fingerprint density at radius 3 is 2.67 bits per heavy atom. The minimum atomic E-state index is -4.25. The minimum absolute atomic E-state index is 0.0248.